The molecule has 24 heavy (non-hydrogen) atoms. The minimum absolute atomic E-state index is 0.193. The minimum Gasteiger partial charge on any atom is -0.383 e. The smallest absolute Gasteiger partial charge is 0.252 e. The van der Waals surface area contributed by atoms with E-state index in [1.807, 2.05) is 47.0 Å². The molecule has 0 atom stereocenters. The third kappa shape index (κ3) is 3.75. The summed E-state index contributed by atoms with van der Waals surface area (Å²) in [7, 11) is 1.66. The van der Waals surface area contributed by atoms with Crippen LogP contribution in [0.25, 0.3) is 10.2 Å². The summed E-state index contributed by atoms with van der Waals surface area (Å²) in [6.07, 6.45) is 0.193. The van der Waals surface area contributed by atoms with Crippen LogP contribution in [0, 0.1) is 0 Å². The number of rotatable bonds is 5. The summed E-state index contributed by atoms with van der Waals surface area (Å²) in [5.41, 5.74) is 1.85. The number of halogens is 1. The molecule has 0 aliphatic heterocycles. The van der Waals surface area contributed by atoms with E-state index in [-0.39, 0.29) is 12.3 Å². The maximum atomic E-state index is 12.4. The highest BCUT2D eigenvalue weighted by molar-refractivity contribution is 7.16. The molecule has 0 saturated heterocycles. The van der Waals surface area contributed by atoms with Crippen molar-refractivity contribution >= 4 is 39.1 Å². The Bertz CT molecular complexity index is 930. The maximum absolute atomic E-state index is 12.4. The summed E-state index contributed by atoms with van der Waals surface area (Å²) >= 11 is 7.63. The monoisotopic (exact) mass is 360 g/mol. The van der Waals surface area contributed by atoms with Gasteiger partial charge in [0.05, 0.1) is 23.2 Å². The van der Waals surface area contributed by atoms with E-state index in [0.29, 0.717) is 23.0 Å². The third-order valence-corrected chi connectivity index (χ3v) is 5.06. The average molecular weight is 361 g/mol. The number of nitrogens with zero attached hydrogens (tertiary/aromatic N) is 2. The second kappa shape index (κ2) is 7.75. The summed E-state index contributed by atoms with van der Waals surface area (Å²) in [5, 5.41) is 0.588. The lowest BCUT2D eigenvalue weighted by atomic mass is 10.1. The van der Waals surface area contributed by atoms with E-state index in [9.17, 15) is 4.79 Å². The molecule has 1 amide bonds. The SMILES string of the molecule is COCCn1c(=NC(=O)Cc2ccccc2Cl)sc2ccccc21. The summed E-state index contributed by atoms with van der Waals surface area (Å²) in [5.74, 6) is -0.208. The number of methoxy groups -OCH3 is 1. The van der Waals surface area contributed by atoms with Crippen molar-refractivity contribution in [1.29, 1.82) is 0 Å². The number of benzene rings is 2. The Morgan fingerprint density at radius 3 is 2.75 bits per heavy atom. The van der Waals surface area contributed by atoms with E-state index < -0.39 is 0 Å². The molecule has 0 saturated carbocycles. The highest BCUT2D eigenvalue weighted by Gasteiger charge is 2.09. The van der Waals surface area contributed by atoms with Crippen molar-refractivity contribution in [3.05, 3.63) is 63.9 Å². The van der Waals surface area contributed by atoms with Gasteiger partial charge in [-0.15, -0.1) is 0 Å². The number of aromatic nitrogens is 1. The summed E-state index contributed by atoms with van der Waals surface area (Å²) < 4.78 is 8.29. The molecule has 0 bridgehead atoms. The van der Waals surface area contributed by atoms with E-state index in [1.54, 1.807) is 13.2 Å². The molecule has 0 aliphatic carbocycles. The van der Waals surface area contributed by atoms with Gasteiger partial charge in [0, 0.05) is 18.7 Å². The number of ether oxygens (including phenoxy) is 1. The second-order valence-electron chi connectivity index (χ2n) is 5.27. The van der Waals surface area contributed by atoms with Gasteiger partial charge in [-0.2, -0.15) is 4.99 Å². The molecule has 1 aromatic heterocycles. The standard InChI is InChI=1S/C18H17ClN2O2S/c1-23-11-10-21-15-8-4-5-9-16(15)24-18(21)20-17(22)12-13-6-2-3-7-14(13)19/h2-9H,10-12H2,1H3. The Morgan fingerprint density at radius 1 is 1.21 bits per heavy atom. The molecule has 0 N–H and O–H groups in total. The number of hydrogen-bond donors (Lipinski definition) is 0. The van der Waals surface area contributed by atoms with E-state index in [2.05, 4.69) is 4.99 Å². The molecule has 0 spiro atoms. The van der Waals surface area contributed by atoms with Crippen LogP contribution in [0.15, 0.2) is 53.5 Å². The Labute approximate surface area is 149 Å². The lowest BCUT2D eigenvalue weighted by molar-refractivity contribution is -0.117. The van der Waals surface area contributed by atoms with Crippen molar-refractivity contribution in [2.24, 2.45) is 4.99 Å². The lowest BCUT2D eigenvalue weighted by Crippen LogP contribution is -2.19. The summed E-state index contributed by atoms with van der Waals surface area (Å²) in [4.78, 5) is 17.4. The van der Waals surface area contributed by atoms with Crippen molar-refractivity contribution in [3.63, 3.8) is 0 Å². The van der Waals surface area contributed by atoms with Gasteiger partial charge in [0.1, 0.15) is 0 Å². The zero-order valence-corrected chi connectivity index (χ0v) is 14.8. The molecule has 3 aromatic rings. The number of hydrogen-bond acceptors (Lipinski definition) is 3. The number of thiazole rings is 1. The van der Waals surface area contributed by atoms with Gasteiger partial charge in [0.2, 0.25) is 0 Å². The molecule has 0 fully saturated rings. The molecule has 4 nitrogen and oxygen atoms in total. The third-order valence-electron chi connectivity index (χ3n) is 3.63. The normalized spacial score (nSPS) is 12.0. The fourth-order valence-corrected chi connectivity index (χ4v) is 3.73. The predicted octanol–water partition coefficient (Wildman–Crippen LogP) is 3.67. The van der Waals surface area contributed by atoms with Crippen LogP contribution in [0.4, 0.5) is 0 Å². The quantitative estimate of drug-likeness (QED) is 0.696. The van der Waals surface area contributed by atoms with Crippen LogP contribution in [-0.2, 0) is 22.5 Å². The van der Waals surface area contributed by atoms with Gasteiger partial charge in [-0.25, -0.2) is 0 Å². The first-order chi connectivity index (χ1) is 11.7. The number of carbonyl (C=O) groups is 1. The fourth-order valence-electron chi connectivity index (χ4n) is 2.46. The van der Waals surface area contributed by atoms with Gasteiger partial charge < -0.3 is 9.30 Å². The number of carbonyl (C=O) groups excluding carboxylic acids is 1. The topological polar surface area (TPSA) is 43.6 Å². The van der Waals surface area contributed by atoms with Gasteiger partial charge in [-0.05, 0) is 23.8 Å². The molecular weight excluding hydrogens is 344 g/mol. The average Bonchev–Trinajstić information content (AvgIpc) is 2.92. The molecular formula is C18H17ClN2O2S. The zero-order chi connectivity index (χ0) is 16.9. The first-order valence-electron chi connectivity index (χ1n) is 7.57. The summed E-state index contributed by atoms with van der Waals surface area (Å²) in [6.45, 7) is 1.21. The van der Waals surface area contributed by atoms with E-state index in [4.69, 9.17) is 16.3 Å². The van der Waals surface area contributed by atoms with Crippen molar-refractivity contribution in [2.45, 2.75) is 13.0 Å². The first kappa shape index (κ1) is 16.9. The van der Waals surface area contributed by atoms with E-state index in [0.717, 1.165) is 15.8 Å². The second-order valence-corrected chi connectivity index (χ2v) is 6.69. The van der Waals surface area contributed by atoms with Gasteiger partial charge in [0.25, 0.3) is 5.91 Å². The largest absolute Gasteiger partial charge is 0.383 e. The maximum Gasteiger partial charge on any atom is 0.252 e. The fraction of sp³-hybridized carbons (Fsp3) is 0.222. The van der Waals surface area contributed by atoms with Crippen LogP contribution >= 0.6 is 22.9 Å². The number of para-hydroxylation sites is 1. The molecule has 3 rings (SSSR count). The molecule has 0 radical (unpaired) electrons. The van der Waals surface area contributed by atoms with Crippen molar-refractivity contribution in [3.8, 4) is 0 Å². The Morgan fingerprint density at radius 2 is 1.96 bits per heavy atom. The van der Waals surface area contributed by atoms with Gasteiger partial charge in [-0.3, -0.25) is 4.79 Å². The van der Waals surface area contributed by atoms with Crippen LogP contribution in [0.3, 0.4) is 0 Å². The lowest BCUT2D eigenvalue weighted by Gasteiger charge is -2.04. The molecule has 124 valence electrons. The van der Waals surface area contributed by atoms with E-state index in [1.165, 1.54) is 11.3 Å². The first-order valence-corrected chi connectivity index (χ1v) is 8.77. The number of amides is 1. The van der Waals surface area contributed by atoms with Gasteiger partial charge >= 0.3 is 0 Å². The molecule has 0 aliphatic rings. The number of fused-ring (bicyclic) bond motifs is 1. The van der Waals surface area contributed by atoms with Crippen molar-refractivity contribution in [1.82, 2.24) is 4.57 Å². The Balaban J connectivity index is 1.96. The van der Waals surface area contributed by atoms with Crippen molar-refractivity contribution < 1.29 is 9.53 Å². The highest BCUT2D eigenvalue weighted by atomic mass is 35.5. The molecule has 6 heteroatoms. The molecule has 0 unspecified atom stereocenters. The van der Waals surface area contributed by atoms with Crippen molar-refractivity contribution in [2.75, 3.05) is 13.7 Å². The van der Waals surface area contributed by atoms with Crippen LogP contribution in [0.2, 0.25) is 5.02 Å². The minimum atomic E-state index is -0.208. The van der Waals surface area contributed by atoms with Crippen LogP contribution in [-0.4, -0.2) is 24.2 Å². The van der Waals surface area contributed by atoms with Gasteiger partial charge in [-0.1, -0.05) is 53.3 Å². The summed E-state index contributed by atoms with van der Waals surface area (Å²) in [6, 6.07) is 15.4. The molecule has 1 heterocycles. The van der Waals surface area contributed by atoms with E-state index >= 15 is 0 Å². The predicted molar refractivity (Wildman–Crippen MR) is 97.4 cm³/mol. The molecule has 2 aromatic carbocycles. The zero-order valence-electron chi connectivity index (χ0n) is 13.2. The van der Waals surface area contributed by atoms with Crippen LogP contribution < -0.4 is 4.80 Å². The highest BCUT2D eigenvalue weighted by Crippen LogP contribution is 2.18. The van der Waals surface area contributed by atoms with Gasteiger partial charge in [0.15, 0.2) is 4.80 Å². The Hall–Kier alpha value is -1.95. The van der Waals surface area contributed by atoms with Crippen LogP contribution in [0.1, 0.15) is 5.56 Å². The Kier molecular flexibility index (Phi) is 5.45. The van der Waals surface area contributed by atoms with Crippen LogP contribution in [0.5, 0.6) is 0 Å².